The van der Waals surface area contributed by atoms with Crippen LogP contribution in [0.2, 0.25) is 0 Å². The van der Waals surface area contributed by atoms with E-state index in [4.69, 9.17) is 0 Å². The molecule has 0 aliphatic rings. The number of aryl methyl sites for hydroxylation is 1. The van der Waals surface area contributed by atoms with Crippen molar-refractivity contribution in [2.45, 2.75) is 13.1 Å². The van der Waals surface area contributed by atoms with E-state index in [0.717, 1.165) is 0 Å². The van der Waals surface area contributed by atoms with Crippen molar-refractivity contribution in [3.05, 3.63) is 93.3 Å². The SMILES string of the molecule is Cc1nn(-c2ccccc2)c2nc(C(F)(F)F)cc(C(=O)N/N=C/c3ccc([N+](=O)[O-])cc3)c12. The fourth-order valence-electron chi connectivity index (χ4n) is 3.27. The molecule has 9 nitrogen and oxygen atoms in total. The molecule has 34 heavy (non-hydrogen) atoms. The highest BCUT2D eigenvalue weighted by Gasteiger charge is 2.35. The molecule has 0 spiro atoms. The van der Waals surface area contributed by atoms with Crippen LogP contribution in [0.5, 0.6) is 0 Å². The predicted molar refractivity (Wildman–Crippen MR) is 117 cm³/mol. The number of para-hydroxylation sites is 1. The molecule has 4 aromatic rings. The number of alkyl halides is 3. The van der Waals surface area contributed by atoms with Crippen LogP contribution in [-0.4, -0.2) is 31.8 Å². The third kappa shape index (κ3) is 4.46. The Morgan fingerprint density at radius 1 is 1.15 bits per heavy atom. The first-order valence-electron chi connectivity index (χ1n) is 9.76. The van der Waals surface area contributed by atoms with Crippen molar-refractivity contribution in [1.29, 1.82) is 0 Å². The molecule has 2 aromatic carbocycles. The maximum atomic E-state index is 13.6. The Morgan fingerprint density at radius 3 is 2.44 bits per heavy atom. The van der Waals surface area contributed by atoms with Gasteiger partial charge in [-0.25, -0.2) is 15.1 Å². The number of hydrogen-bond donors (Lipinski definition) is 1. The molecule has 0 aliphatic carbocycles. The van der Waals surface area contributed by atoms with Gasteiger partial charge in [0.2, 0.25) is 0 Å². The number of pyridine rings is 1. The number of aromatic nitrogens is 3. The summed E-state index contributed by atoms with van der Waals surface area (Å²) in [5.41, 5.74) is 1.64. The maximum Gasteiger partial charge on any atom is 0.433 e. The van der Waals surface area contributed by atoms with Crippen molar-refractivity contribution in [2.75, 3.05) is 0 Å². The number of nitro benzene ring substituents is 1. The Hall–Kier alpha value is -4.61. The lowest BCUT2D eigenvalue weighted by Crippen LogP contribution is -2.20. The molecule has 0 unspecified atom stereocenters. The van der Waals surface area contributed by atoms with E-state index in [-0.39, 0.29) is 22.3 Å². The lowest BCUT2D eigenvalue weighted by Gasteiger charge is -2.10. The summed E-state index contributed by atoms with van der Waals surface area (Å²) < 4.78 is 41.9. The number of non-ortho nitro benzene ring substituents is 1. The number of rotatable bonds is 5. The van der Waals surface area contributed by atoms with Gasteiger partial charge in [-0.2, -0.15) is 23.4 Å². The van der Waals surface area contributed by atoms with Crippen LogP contribution < -0.4 is 5.43 Å². The van der Waals surface area contributed by atoms with Crippen LogP contribution in [0.15, 0.2) is 65.8 Å². The number of carbonyl (C=O) groups is 1. The molecule has 0 atom stereocenters. The Kier molecular flexibility index (Phi) is 5.80. The molecular weight excluding hydrogens is 453 g/mol. The second-order valence-electron chi connectivity index (χ2n) is 7.13. The number of nitrogens with one attached hydrogen (secondary N) is 1. The topological polar surface area (TPSA) is 115 Å². The highest BCUT2D eigenvalue weighted by Crippen LogP contribution is 2.32. The minimum atomic E-state index is -4.80. The number of amides is 1. The highest BCUT2D eigenvalue weighted by molar-refractivity contribution is 6.07. The van der Waals surface area contributed by atoms with E-state index in [1.54, 1.807) is 37.3 Å². The lowest BCUT2D eigenvalue weighted by molar-refractivity contribution is -0.384. The summed E-state index contributed by atoms with van der Waals surface area (Å²) in [4.78, 5) is 26.7. The Balaban J connectivity index is 1.72. The average molecular weight is 468 g/mol. The highest BCUT2D eigenvalue weighted by atomic mass is 19.4. The van der Waals surface area contributed by atoms with E-state index in [2.05, 4.69) is 20.6 Å². The van der Waals surface area contributed by atoms with E-state index in [9.17, 15) is 28.1 Å². The summed E-state index contributed by atoms with van der Waals surface area (Å²) in [5.74, 6) is -0.897. The Morgan fingerprint density at radius 2 is 1.82 bits per heavy atom. The molecule has 0 aliphatic heterocycles. The maximum absolute atomic E-state index is 13.6. The molecule has 0 bridgehead atoms. The van der Waals surface area contributed by atoms with E-state index < -0.39 is 22.7 Å². The fraction of sp³-hybridized carbons (Fsp3) is 0.0909. The van der Waals surface area contributed by atoms with Gasteiger partial charge >= 0.3 is 6.18 Å². The van der Waals surface area contributed by atoms with Crippen molar-refractivity contribution in [3.63, 3.8) is 0 Å². The van der Waals surface area contributed by atoms with Gasteiger partial charge in [0.05, 0.1) is 33.5 Å². The molecule has 2 heterocycles. The number of carbonyl (C=O) groups excluding carboxylic acids is 1. The van der Waals surface area contributed by atoms with Gasteiger partial charge in [-0.05, 0) is 42.8 Å². The number of hydrogen-bond acceptors (Lipinski definition) is 6. The van der Waals surface area contributed by atoms with Gasteiger partial charge in [-0.3, -0.25) is 14.9 Å². The normalized spacial score (nSPS) is 11.8. The van der Waals surface area contributed by atoms with Gasteiger partial charge in [0.1, 0.15) is 5.69 Å². The van der Waals surface area contributed by atoms with Gasteiger partial charge < -0.3 is 0 Å². The molecule has 0 saturated heterocycles. The molecule has 1 N–H and O–H groups in total. The lowest BCUT2D eigenvalue weighted by atomic mass is 10.1. The summed E-state index contributed by atoms with van der Waals surface area (Å²) in [6.07, 6.45) is -3.59. The van der Waals surface area contributed by atoms with E-state index >= 15 is 0 Å². The summed E-state index contributed by atoms with van der Waals surface area (Å²) in [6.45, 7) is 1.56. The number of hydrazone groups is 1. The molecule has 12 heteroatoms. The zero-order valence-electron chi connectivity index (χ0n) is 17.4. The van der Waals surface area contributed by atoms with Crippen LogP contribution in [0.3, 0.4) is 0 Å². The number of halogens is 3. The molecule has 0 saturated carbocycles. The largest absolute Gasteiger partial charge is 0.433 e. The van der Waals surface area contributed by atoms with Crippen molar-refractivity contribution in [1.82, 2.24) is 20.2 Å². The van der Waals surface area contributed by atoms with E-state index in [1.807, 2.05) is 0 Å². The fourth-order valence-corrected chi connectivity index (χ4v) is 3.27. The van der Waals surface area contributed by atoms with Crippen LogP contribution in [0.25, 0.3) is 16.7 Å². The van der Waals surface area contributed by atoms with Crippen LogP contribution in [0.4, 0.5) is 18.9 Å². The van der Waals surface area contributed by atoms with Gasteiger partial charge in [-0.15, -0.1) is 0 Å². The molecule has 2 aromatic heterocycles. The molecule has 1 amide bonds. The van der Waals surface area contributed by atoms with E-state index in [1.165, 1.54) is 35.2 Å². The quantitative estimate of drug-likeness (QED) is 0.265. The first-order valence-corrected chi connectivity index (χ1v) is 9.76. The van der Waals surface area contributed by atoms with E-state index in [0.29, 0.717) is 23.0 Å². The number of nitro groups is 1. The van der Waals surface area contributed by atoms with Gasteiger partial charge in [0.15, 0.2) is 5.65 Å². The minimum Gasteiger partial charge on any atom is -0.267 e. The first kappa shape index (κ1) is 22.6. The number of fused-ring (bicyclic) bond motifs is 1. The first-order chi connectivity index (χ1) is 16.1. The Labute approximate surface area is 189 Å². The van der Waals surface area contributed by atoms with Crippen LogP contribution in [0.1, 0.15) is 27.3 Å². The summed E-state index contributed by atoms with van der Waals surface area (Å²) in [5, 5.41) is 18.9. The molecule has 0 fully saturated rings. The second-order valence-corrected chi connectivity index (χ2v) is 7.13. The number of nitrogens with zero attached hydrogens (tertiary/aromatic N) is 5. The van der Waals surface area contributed by atoms with Gasteiger partial charge in [-0.1, -0.05) is 18.2 Å². The second kappa shape index (κ2) is 8.73. The van der Waals surface area contributed by atoms with Crippen molar-refractivity contribution >= 4 is 28.8 Å². The monoisotopic (exact) mass is 468 g/mol. The average Bonchev–Trinajstić information content (AvgIpc) is 3.15. The third-order valence-electron chi connectivity index (χ3n) is 4.83. The molecular formula is C22H15F3N6O3. The standard InChI is InChI=1S/C22H15F3N6O3/c1-13-19-17(21(32)28-26-12-14-7-9-16(10-8-14)31(33)34)11-18(22(23,24)25)27-20(19)30(29-13)15-5-3-2-4-6-15/h2-12H,1H3,(H,28,32)/b26-12+. The van der Waals surface area contributed by atoms with Gasteiger partial charge in [0, 0.05) is 12.1 Å². The van der Waals surface area contributed by atoms with Crippen molar-refractivity contribution in [3.8, 4) is 5.69 Å². The predicted octanol–water partition coefficient (Wildman–Crippen LogP) is 4.42. The van der Waals surface area contributed by atoms with Gasteiger partial charge in [0.25, 0.3) is 11.6 Å². The third-order valence-corrected chi connectivity index (χ3v) is 4.83. The van der Waals surface area contributed by atoms with Crippen LogP contribution in [0, 0.1) is 17.0 Å². The van der Waals surface area contributed by atoms with Crippen molar-refractivity contribution in [2.24, 2.45) is 5.10 Å². The Bertz CT molecular complexity index is 1410. The molecule has 0 radical (unpaired) electrons. The smallest absolute Gasteiger partial charge is 0.267 e. The van der Waals surface area contributed by atoms with Crippen molar-refractivity contribution < 1.29 is 22.9 Å². The summed E-state index contributed by atoms with van der Waals surface area (Å²) in [6, 6.07) is 14.5. The van der Waals surface area contributed by atoms with Crippen LogP contribution in [-0.2, 0) is 6.18 Å². The minimum absolute atomic E-state index is 0.119. The zero-order valence-corrected chi connectivity index (χ0v) is 17.4. The van der Waals surface area contributed by atoms with Crippen LogP contribution >= 0.6 is 0 Å². The molecule has 4 rings (SSSR count). The number of benzene rings is 2. The zero-order chi connectivity index (χ0) is 24.5. The summed E-state index contributed by atoms with van der Waals surface area (Å²) in [7, 11) is 0. The summed E-state index contributed by atoms with van der Waals surface area (Å²) >= 11 is 0. The molecule has 172 valence electrons.